The Morgan fingerprint density at radius 1 is 1.17 bits per heavy atom. The van der Waals surface area contributed by atoms with E-state index in [1.165, 1.54) is 12.8 Å². The summed E-state index contributed by atoms with van der Waals surface area (Å²) in [5.41, 5.74) is 1.84. The van der Waals surface area contributed by atoms with Crippen molar-refractivity contribution in [2.45, 2.75) is 32.8 Å². The second-order valence-corrected chi connectivity index (χ2v) is 6.16. The number of benzene rings is 1. The molecule has 0 spiro atoms. The normalized spacial score (nSPS) is 15.2. The molecule has 1 aromatic heterocycles. The first-order valence-corrected chi connectivity index (χ1v) is 8.37. The number of ether oxygens (including phenoxy) is 1. The third kappa shape index (κ3) is 4.04. The molecule has 5 heteroatoms. The lowest BCUT2D eigenvalue weighted by molar-refractivity contribution is -0.122. The molecule has 2 heterocycles. The minimum Gasteiger partial charge on any atom is -0.481 e. The highest BCUT2D eigenvalue weighted by molar-refractivity contribution is 5.94. The number of hydrogen-bond acceptors (Lipinski definition) is 4. The van der Waals surface area contributed by atoms with E-state index in [-0.39, 0.29) is 5.91 Å². The summed E-state index contributed by atoms with van der Waals surface area (Å²) in [5, 5.41) is 2.85. The minimum absolute atomic E-state index is 0.189. The lowest BCUT2D eigenvalue weighted by atomic mass is 10.2. The van der Waals surface area contributed by atoms with Gasteiger partial charge in [-0.15, -0.1) is 0 Å². The Labute approximate surface area is 142 Å². The van der Waals surface area contributed by atoms with Crippen LogP contribution in [0.25, 0.3) is 0 Å². The van der Waals surface area contributed by atoms with Crippen molar-refractivity contribution >= 4 is 17.4 Å². The molecule has 0 radical (unpaired) electrons. The first kappa shape index (κ1) is 16.3. The Bertz CT molecular complexity index is 677. The molecule has 0 aliphatic carbocycles. The van der Waals surface area contributed by atoms with E-state index in [2.05, 4.69) is 15.2 Å². The zero-order valence-corrected chi connectivity index (χ0v) is 14.2. The van der Waals surface area contributed by atoms with Crippen molar-refractivity contribution in [3.63, 3.8) is 0 Å². The van der Waals surface area contributed by atoms with Gasteiger partial charge >= 0.3 is 0 Å². The summed E-state index contributed by atoms with van der Waals surface area (Å²) in [7, 11) is 0. The van der Waals surface area contributed by atoms with Crippen molar-refractivity contribution in [1.29, 1.82) is 0 Å². The zero-order chi connectivity index (χ0) is 16.9. The van der Waals surface area contributed by atoms with Gasteiger partial charge in [0.05, 0.1) is 11.9 Å². The molecule has 1 saturated heterocycles. The van der Waals surface area contributed by atoms with E-state index in [4.69, 9.17) is 4.74 Å². The van der Waals surface area contributed by atoms with E-state index in [1.54, 1.807) is 13.1 Å². The summed E-state index contributed by atoms with van der Waals surface area (Å²) >= 11 is 0. The van der Waals surface area contributed by atoms with Gasteiger partial charge in [-0.3, -0.25) is 4.79 Å². The third-order valence-electron chi connectivity index (χ3n) is 4.15. The monoisotopic (exact) mass is 325 g/mol. The van der Waals surface area contributed by atoms with Crippen molar-refractivity contribution in [3.05, 3.63) is 48.2 Å². The molecule has 1 amide bonds. The number of anilines is 2. The van der Waals surface area contributed by atoms with Crippen LogP contribution in [0.3, 0.4) is 0 Å². The number of nitrogens with one attached hydrogen (secondary N) is 1. The second-order valence-electron chi connectivity index (χ2n) is 6.16. The smallest absolute Gasteiger partial charge is 0.265 e. The maximum absolute atomic E-state index is 12.3. The van der Waals surface area contributed by atoms with Crippen LogP contribution in [0.4, 0.5) is 11.5 Å². The van der Waals surface area contributed by atoms with E-state index < -0.39 is 6.10 Å². The summed E-state index contributed by atoms with van der Waals surface area (Å²) < 4.78 is 5.67. The van der Waals surface area contributed by atoms with Gasteiger partial charge in [-0.25, -0.2) is 4.98 Å². The van der Waals surface area contributed by atoms with Gasteiger partial charge in [-0.1, -0.05) is 17.7 Å². The molecule has 24 heavy (non-hydrogen) atoms. The lowest BCUT2D eigenvalue weighted by Gasteiger charge is -2.17. The van der Waals surface area contributed by atoms with Crippen molar-refractivity contribution in [2.24, 2.45) is 0 Å². The molecule has 1 N–H and O–H groups in total. The Balaban J connectivity index is 1.56. The second kappa shape index (κ2) is 7.34. The van der Waals surface area contributed by atoms with Crippen LogP contribution < -0.4 is 15.0 Å². The maximum Gasteiger partial charge on any atom is 0.265 e. The fourth-order valence-corrected chi connectivity index (χ4v) is 2.71. The van der Waals surface area contributed by atoms with Crippen LogP contribution >= 0.6 is 0 Å². The molecule has 1 aliphatic heterocycles. The van der Waals surface area contributed by atoms with Crippen LogP contribution in [0.15, 0.2) is 42.6 Å². The van der Waals surface area contributed by atoms with Crippen LogP contribution in [0, 0.1) is 6.92 Å². The highest BCUT2D eigenvalue weighted by atomic mass is 16.5. The number of pyridine rings is 1. The van der Waals surface area contributed by atoms with Crippen molar-refractivity contribution < 1.29 is 9.53 Å². The molecular formula is C19H23N3O2. The maximum atomic E-state index is 12.3. The molecule has 126 valence electrons. The third-order valence-corrected chi connectivity index (χ3v) is 4.15. The van der Waals surface area contributed by atoms with Gasteiger partial charge < -0.3 is 15.0 Å². The predicted octanol–water partition coefficient (Wildman–Crippen LogP) is 3.40. The van der Waals surface area contributed by atoms with E-state index in [0.717, 1.165) is 24.5 Å². The molecule has 5 nitrogen and oxygen atoms in total. The Morgan fingerprint density at radius 3 is 2.50 bits per heavy atom. The van der Waals surface area contributed by atoms with Crippen molar-refractivity contribution in [3.8, 4) is 5.75 Å². The average Bonchev–Trinajstić information content (AvgIpc) is 3.12. The Morgan fingerprint density at radius 2 is 1.88 bits per heavy atom. The lowest BCUT2D eigenvalue weighted by Crippen LogP contribution is -2.30. The summed E-state index contributed by atoms with van der Waals surface area (Å²) in [6, 6.07) is 11.5. The number of carbonyl (C=O) groups excluding carboxylic acids is 1. The highest BCUT2D eigenvalue weighted by Gasteiger charge is 2.16. The quantitative estimate of drug-likeness (QED) is 0.915. The molecular weight excluding hydrogens is 302 g/mol. The fraction of sp³-hybridized carbons (Fsp3) is 0.368. The minimum atomic E-state index is -0.578. The van der Waals surface area contributed by atoms with E-state index in [1.807, 2.05) is 43.3 Å². The number of aromatic nitrogens is 1. The summed E-state index contributed by atoms with van der Waals surface area (Å²) in [6.07, 6.45) is 3.55. The molecule has 1 aliphatic rings. The highest BCUT2D eigenvalue weighted by Crippen LogP contribution is 2.19. The zero-order valence-electron chi connectivity index (χ0n) is 14.2. The van der Waals surface area contributed by atoms with Crippen LogP contribution in [-0.2, 0) is 4.79 Å². The number of amides is 1. The van der Waals surface area contributed by atoms with Gasteiger partial charge in [0.2, 0.25) is 0 Å². The van der Waals surface area contributed by atoms with Crippen LogP contribution in [0.5, 0.6) is 5.75 Å². The van der Waals surface area contributed by atoms with Gasteiger partial charge in [0.25, 0.3) is 5.91 Å². The Hall–Kier alpha value is -2.56. The first-order valence-electron chi connectivity index (χ1n) is 8.37. The Kier molecular flexibility index (Phi) is 4.99. The summed E-state index contributed by atoms with van der Waals surface area (Å²) in [5.74, 6) is 1.46. The van der Waals surface area contributed by atoms with E-state index in [9.17, 15) is 4.79 Å². The molecule has 2 aromatic rings. The molecule has 1 atom stereocenters. The number of carbonyl (C=O) groups is 1. The number of rotatable bonds is 5. The van der Waals surface area contributed by atoms with Crippen LogP contribution in [-0.4, -0.2) is 30.1 Å². The SMILES string of the molecule is Cc1ccc(OC(C)C(=O)Nc2ccc(N3CCCC3)nc2)cc1. The first-order chi connectivity index (χ1) is 11.6. The number of nitrogens with zero attached hydrogens (tertiary/aromatic N) is 2. The number of aryl methyl sites for hydroxylation is 1. The van der Waals surface area contributed by atoms with Crippen molar-refractivity contribution in [2.75, 3.05) is 23.3 Å². The summed E-state index contributed by atoms with van der Waals surface area (Å²) in [6.45, 7) is 5.86. The van der Waals surface area contributed by atoms with Crippen LogP contribution in [0.2, 0.25) is 0 Å². The fourth-order valence-electron chi connectivity index (χ4n) is 2.71. The van der Waals surface area contributed by atoms with Gasteiger partial charge in [0.1, 0.15) is 11.6 Å². The van der Waals surface area contributed by atoms with Gasteiger partial charge in [0, 0.05) is 13.1 Å². The summed E-state index contributed by atoms with van der Waals surface area (Å²) in [4.78, 5) is 18.9. The topological polar surface area (TPSA) is 54.5 Å². The molecule has 0 bridgehead atoms. The van der Waals surface area contributed by atoms with E-state index >= 15 is 0 Å². The van der Waals surface area contributed by atoms with Crippen LogP contribution in [0.1, 0.15) is 25.3 Å². The molecule has 0 saturated carbocycles. The van der Waals surface area contributed by atoms with Gasteiger partial charge in [-0.05, 0) is 51.0 Å². The molecule has 3 rings (SSSR count). The van der Waals surface area contributed by atoms with Crippen molar-refractivity contribution in [1.82, 2.24) is 4.98 Å². The molecule has 1 fully saturated rings. The van der Waals surface area contributed by atoms with Gasteiger partial charge in [0.15, 0.2) is 6.10 Å². The number of hydrogen-bond donors (Lipinski definition) is 1. The average molecular weight is 325 g/mol. The van der Waals surface area contributed by atoms with Gasteiger partial charge in [-0.2, -0.15) is 0 Å². The standard InChI is InChI=1S/C19H23N3O2/c1-14-5-8-17(9-6-14)24-15(2)19(23)21-16-7-10-18(20-13-16)22-11-3-4-12-22/h5-10,13,15H,3-4,11-12H2,1-2H3,(H,21,23). The van der Waals surface area contributed by atoms with E-state index in [0.29, 0.717) is 11.4 Å². The largest absolute Gasteiger partial charge is 0.481 e. The molecule has 1 unspecified atom stereocenters. The predicted molar refractivity (Wildman–Crippen MR) is 95.6 cm³/mol. The molecule has 1 aromatic carbocycles.